The highest BCUT2D eigenvalue weighted by atomic mass is 16.6. The van der Waals surface area contributed by atoms with E-state index in [4.69, 9.17) is 10.6 Å². The molecule has 3 heteroatoms. The van der Waals surface area contributed by atoms with Gasteiger partial charge in [-0.3, -0.25) is 0 Å². The van der Waals surface area contributed by atoms with Crippen LogP contribution in [0.15, 0.2) is 53.7 Å². The molecule has 2 N–H and O–H groups in total. The second-order valence-electron chi connectivity index (χ2n) is 4.02. The number of nitrogens with two attached hydrogens (primary N) is 1. The van der Waals surface area contributed by atoms with Crippen molar-refractivity contribution in [2.75, 3.05) is 12.8 Å². The van der Waals surface area contributed by atoms with Crippen LogP contribution in [-0.2, 0) is 4.84 Å². The fourth-order valence-electron chi connectivity index (χ4n) is 1.84. The van der Waals surface area contributed by atoms with E-state index in [1.165, 1.54) is 0 Å². The number of para-hydroxylation sites is 1. The van der Waals surface area contributed by atoms with Crippen LogP contribution in [0.3, 0.4) is 0 Å². The van der Waals surface area contributed by atoms with E-state index < -0.39 is 0 Å². The predicted molar refractivity (Wildman–Crippen MR) is 75.5 cm³/mol. The van der Waals surface area contributed by atoms with Crippen molar-refractivity contribution in [3.05, 3.63) is 54.1 Å². The Bertz CT molecular complexity index is 559. The Morgan fingerprint density at radius 3 is 2.33 bits per heavy atom. The van der Waals surface area contributed by atoms with Gasteiger partial charge in [0.25, 0.3) is 0 Å². The highest BCUT2D eigenvalue weighted by Crippen LogP contribution is 2.25. The number of nitrogen functional groups attached to an aromatic ring is 1. The van der Waals surface area contributed by atoms with Gasteiger partial charge < -0.3 is 10.6 Å². The fourth-order valence-corrected chi connectivity index (χ4v) is 1.84. The normalized spacial score (nSPS) is 11.3. The van der Waals surface area contributed by atoms with Gasteiger partial charge in [0.1, 0.15) is 7.11 Å². The third-order valence-electron chi connectivity index (χ3n) is 2.80. The third-order valence-corrected chi connectivity index (χ3v) is 2.80. The fraction of sp³-hybridized carbons (Fsp3) is 0.133. The molecule has 2 aromatic rings. The first-order chi connectivity index (χ1) is 8.72. The monoisotopic (exact) mass is 240 g/mol. The van der Waals surface area contributed by atoms with Crippen LogP contribution in [0.5, 0.6) is 0 Å². The second-order valence-corrected chi connectivity index (χ2v) is 4.02. The van der Waals surface area contributed by atoms with Gasteiger partial charge in [-0.2, -0.15) is 0 Å². The van der Waals surface area contributed by atoms with Crippen LogP contribution in [-0.4, -0.2) is 12.8 Å². The molecule has 18 heavy (non-hydrogen) atoms. The Morgan fingerprint density at radius 2 is 1.72 bits per heavy atom. The SMILES string of the molecule is CO/N=C(/C)c1ccc(-c2ccccc2N)cc1. The lowest BCUT2D eigenvalue weighted by Crippen LogP contribution is -1.95. The maximum atomic E-state index is 5.95. The first-order valence-corrected chi connectivity index (χ1v) is 5.75. The molecule has 0 aliphatic carbocycles. The minimum absolute atomic E-state index is 0.785. The maximum Gasteiger partial charge on any atom is 0.106 e. The number of hydrogen-bond acceptors (Lipinski definition) is 3. The molecule has 0 saturated carbocycles. The Kier molecular flexibility index (Phi) is 3.63. The molecule has 0 aliphatic rings. The van der Waals surface area contributed by atoms with Gasteiger partial charge in [-0.05, 0) is 24.1 Å². The van der Waals surface area contributed by atoms with Gasteiger partial charge in [0, 0.05) is 11.3 Å². The minimum Gasteiger partial charge on any atom is -0.399 e. The van der Waals surface area contributed by atoms with Crippen LogP contribution >= 0.6 is 0 Å². The molecule has 0 saturated heterocycles. The van der Waals surface area contributed by atoms with Gasteiger partial charge in [0.05, 0.1) is 5.71 Å². The van der Waals surface area contributed by atoms with Crippen molar-refractivity contribution >= 4 is 11.4 Å². The van der Waals surface area contributed by atoms with E-state index in [1.807, 2.05) is 55.5 Å². The van der Waals surface area contributed by atoms with E-state index in [0.29, 0.717) is 0 Å². The zero-order chi connectivity index (χ0) is 13.0. The molecule has 0 aliphatic heterocycles. The minimum atomic E-state index is 0.785. The molecule has 0 atom stereocenters. The van der Waals surface area contributed by atoms with Crippen LogP contribution < -0.4 is 5.73 Å². The van der Waals surface area contributed by atoms with Crippen LogP contribution in [0, 0.1) is 0 Å². The van der Waals surface area contributed by atoms with E-state index in [9.17, 15) is 0 Å². The molecule has 0 bridgehead atoms. The van der Waals surface area contributed by atoms with Gasteiger partial charge in [0.15, 0.2) is 0 Å². The zero-order valence-electron chi connectivity index (χ0n) is 10.6. The summed E-state index contributed by atoms with van der Waals surface area (Å²) in [6, 6.07) is 15.9. The Morgan fingerprint density at radius 1 is 1.06 bits per heavy atom. The number of oxime groups is 1. The first-order valence-electron chi connectivity index (χ1n) is 5.75. The van der Waals surface area contributed by atoms with Crippen LogP contribution in [0.4, 0.5) is 5.69 Å². The van der Waals surface area contributed by atoms with Gasteiger partial charge in [0.2, 0.25) is 0 Å². The van der Waals surface area contributed by atoms with E-state index in [-0.39, 0.29) is 0 Å². The van der Waals surface area contributed by atoms with Crippen molar-refractivity contribution in [2.24, 2.45) is 5.16 Å². The quantitative estimate of drug-likeness (QED) is 0.508. The van der Waals surface area contributed by atoms with Crippen LogP contribution in [0.1, 0.15) is 12.5 Å². The average molecular weight is 240 g/mol. The molecular weight excluding hydrogens is 224 g/mol. The molecule has 0 aromatic heterocycles. The molecule has 0 unspecified atom stereocenters. The van der Waals surface area contributed by atoms with E-state index in [1.54, 1.807) is 7.11 Å². The van der Waals surface area contributed by atoms with Gasteiger partial charge in [-0.25, -0.2) is 0 Å². The van der Waals surface area contributed by atoms with Crippen molar-refractivity contribution in [3.63, 3.8) is 0 Å². The highest BCUT2D eigenvalue weighted by molar-refractivity contribution is 5.98. The van der Waals surface area contributed by atoms with Crippen molar-refractivity contribution in [2.45, 2.75) is 6.92 Å². The summed E-state index contributed by atoms with van der Waals surface area (Å²) in [7, 11) is 1.54. The molecule has 0 heterocycles. The molecular formula is C15H16N2O. The van der Waals surface area contributed by atoms with Crippen molar-refractivity contribution in [3.8, 4) is 11.1 Å². The molecule has 3 nitrogen and oxygen atoms in total. The first kappa shape index (κ1) is 12.2. The number of hydrogen-bond donors (Lipinski definition) is 1. The van der Waals surface area contributed by atoms with Gasteiger partial charge >= 0.3 is 0 Å². The lowest BCUT2D eigenvalue weighted by molar-refractivity contribution is 0.213. The summed E-state index contributed by atoms with van der Waals surface area (Å²) in [6.07, 6.45) is 0. The second kappa shape index (κ2) is 5.36. The molecule has 0 amide bonds. The summed E-state index contributed by atoms with van der Waals surface area (Å²) < 4.78 is 0. The molecule has 0 spiro atoms. The topological polar surface area (TPSA) is 47.6 Å². The largest absolute Gasteiger partial charge is 0.399 e. The molecule has 2 aromatic carbocycles. The molecule has 0 fully saturated rings. The Balaban J connectivity index is 2.34. The van der Waals surface area contributed by atoms with E-state index in [0.717, 1.165) is 28.1 Å². The number of benzene rings is 2. The summed E-state index contributed by atoms with van der Waals surface area (Å²) in [4.78, 5) is 4.76. The van der Waals surface area contributed by atoms with E-state index >= 15 is 0 Å². The standard InChI is InChI=1S/C15H16N2O/c1-11(17-18-2)12-7-9-13(10-8-12)14-5-3-4-6-15(14)16/h3-10H,16H2,1-2H3/b17-11-. The highest BCUT2D eigenvalue weighted by Gasteiger charge is 2.03. The summed E-state index contributed by atoms with van der Waals surface area (Å²) >= 11 is 0. The number of nitrogens with zero attached hydrogens (tertiary/aromatic N) is 1. The summed E-state index contributed by atoms with van der Waals surface area (Å²) in [5, 5.41) is 3.91. The van der Waals surface area contributed by atoms with Gasteiger partial charge in [-0.1, -0.05) is 47.6 Å². The number of anilines is 1. The van der Waals surface area contributed by atoms with E-state index in [2.05, 4.69) is 5.16 Å². The molecule has 92 valence electrons. The summed E-state index contributed by atoms with van der Waals surface area (Å²) in [5.41, 5.74) is 10.8. The smallest absolute Gasteiger partial charge is 0.106 e. The summed E-state index contributed by atoms with van der Waals surface area (Å²) in [5.74, 6) is 0. The zero-order valence-corrected chi connectivity index (χ0v) is 10.6. The Labute approximate surface area is 107 Å². The molecule has 2 rings (SSSR count). The predicted octanol–water partition coefficient (Wildman–Crippen LogP) is 3.31. The lowest BCUT2D eigenvalue weighted by Gasteiger charge is -2.06. The summed E-state index contributed by atoms with van der Waals surface area (Å²) in [6.45, 7) is 1.91. The van der Waals surface area contributed by atoms with Crippen molar-refractivity contribution < 1.29 is 4.84 Å². The molecule has 0 radical (unpaired) electrons. The maximum absolute atomic E-state index is 5.95. The van der Waals surface area contributed by atoms with Crippen LogP contribution in [0.2, 0.25) is 0 Å². The van der Waals surface area contributed by atoms with Gasteiger partial charge in [-0.15, -0.1) is 0 Å². The Hall–Kier alpha value is -2.29. The lowest BCUT2D eigenvalue weighted by atomic mass is 10.0. The van der Waals surface area contributed by atoms with Crippen molar-refractivity contribution in [1.82, 2.24) is 0 Å². The van der Waals surface area contributed by atoms with Crippen LogP contribution in [0.25, 0.3) is 11.1 Å². The average Bonchev–Trinajstić information content (AvgIpc) is 2.40. The third kappa shape index (κ3) is 2.51. The van der Waals surface area contributed by atoms with Crippen molar-refractivity contribution in [1.29, 1.82) is 0 Å². The number of rotatable bonds is 3.